The summed E-state index contributed by atoms with van der Waals surface area (Å²) >= 11 is 0. The first-order valence-electron chi connectivity index (χ1n) is 3.42. The minimum absolute atomic E-state index is 0.477. The molecule has 2 heteroatoms. The third kappa shape index (κ3) is 4.25. The lowest BCUT2D eigenvalue weighted by atomic mass is 10.1. The topological polar surface area (TPSA) is 29.4 Å². The van der Waals surface area contributed by atoms with Crippen molar-refractivity contribution in [3.05, 3.63) is 40.5 Å². The van der Waals surface area contributed by atoms with Crippen LogP contribution in [0.1, 0.15) is 20.8 Å². The van der Waals surface area contributed by atoms with Crippen molar-refractivity contribution in [3.63, 3.8) is 0 Å². The largest absolute Gasteiger partial charge is 0.145 e. The van der Waals surface area contributed by atoms with Crippen molar-refractivity contribution in [1.29, 1.82) is 0 Å². The third-order valence-electron chi connectivity index (χ3n) is 1.39. The van der Waals surface area contributed by atoms with E-state index in [1.54, 1.807) is 13.0 Å². The van der Waals surface area contributed by atoms with Gasteiger partial charge in [-0.05, 0) is 37.6 Å². The summed E-state index contributed by atoms with van der Waals surface area (Å²) in [7, 11) is 0. The lowest BCUT2D eigenvalue weighted by Gasteiger charge is -1.94. The minimum atomic E-state index is 0.477. The fourth-order valence-electron chi connectivity index (χ4n) is 0.418. The number of hydrogen-bond acceptors (Lipinski definition) is 2. The van der Waals surface area contributed by atoms with E-state index >= 15 is 0 Å². The van der Waals surface area contributed by atoms with Crippen molar-refractivity contribution in [2.75, 3.05) is 0 Å². The molecule has 0 aliphatic carbocycles. The molecule has 0 amide bonds. The first kappa shape index (κ1) is 9.82. The van der Waals surface area contributed by atoms with Gasteiger partial charge >= 0.3 is 0 Å². The summed E-state index contributed by atoms with van der Waals surface area (Å²) in [6, 6.07) is 0. The maximum absolute atomic E-state index is 9.92. The van der Waals surface area contributed by atoms with Crippen LogP contribution in [0.15, 0.2) is 40.8 Å². The second-order valence-electron chi connectivity index (χ2n) is 2.53. The van der Waals surface area contributed by atoms with Crippen LogP contribution in [0.2, 0.25) is 0 Å². The van der Waals surface area contributed by atoms with Gasteiger partial charge in [0.1, 0.15) is 0 Å². The van der Waals surface area contributed by atoms with E-state index in [1.807, 2.05) is 19.9 Å². The predicted octanol–water partition coefficient (Wildman–Crippen LogP) is 3.18. The van der Waals surface area contributed by atoms with Gasteiger partial charge in [0.05, 0.1) is 5.70 Å². The van der Waals surface area contributed by atoms with E-state index in [9.17, 15) is 4.91 Å². The van der Waals surface area contributed by atoms with Crippen LogP contribution in [0.5, 0.6) is 0 Å². The zero-order valence-electron chi connectivity index (χ0n) is 7.22. The molecule has 0 saturated carbocycles. The maximum Gasteiger partial charge on any atom is 0.0818 e. The van der Waals surface area contributed by atoms with E-state index in [-0.39, 0.29) is 0 Å². The smallest absolute Gasteiger partial charge is 0.0818 e. The molecule has 0 aromatic carbocycles. The zero-order chi connectivity index (χ0) is 8.85. The predicted molar refractivity (Wildman–Crippen MR) is 48.1 cm³/mol. The molecule has 0 aliphatic rings. The van der Waals surface area contributed by atoms with Crippen LogP contribution in [0.25, 0.3) is 0 Å². The van der Waals surface area contributed by atoms with Crippen molar-refractivity contribution < 1.29 is 0 Å². The quantitative estimate of drug-likeness (QED) is 0.450. The molecule has 11 heavy (non-hydrogen) atoms. The minimum Gasteiger partial charge on any atom is -0.145 e. The highest BCUT2D eigenvalue weighted by Gasteiger charge is 1.86. The van der Waals surface area contributed by atoms with E-state index in [4.69, 9.17) is 0 Å². The fourth-order valence-corrected chi connectivity index (χ4v) is 0.418. The molecule has 0 spiro atoms. The molecule has 0 aliphatic heterocycles. The Bertz CT molecular complexity index is 224. The van der Waals surface area contributed by atoms with E-state index in [0.29, 0.717) is 5.70 Å². The first-order valence-corrected chi connectivity index (χ1v) is 3.42. The summed E-state index contributed by atoms with van der Waals surface area (Å²) in [5, 5.41) is 2.76. The van der Waals surface area contributed by atoms with E-state index in [2.05, 4.69) is 11.8 Å². The lowest BCUT2D eigenvalue weighted by Crippen LogP contribution is -1.74. The molecule has 0 bridgehead atoms. The monoisotopic (exact) mass is 151 g/mol. The molecule has 0 fully saturated rings. The number of allylic oxidation sites excluding steroid dienone is 5. The Balaban J connectivity index is 4.34. The average Bonchev–Trinajstić information content (AvgIpc) is 1.99. The highest BCUT2D eigenvalue weighted by Crippen LogP contribution is 2.05. The van der Waals surface area contributed by atoms with Gasteiger partial charge in [-0.15, -0.1) is 4.91 Å². The number of nitroso groups, excluding NO2 is 1. The Kier molecular flexibility index (Phi) is 4.11. The molecule has 60 valence electrons. The Morgan fingerprint density at radius 2 is 1.82 bits per heavy atom. The van der Waals surface area contributed by atoms with E-state index < -0.39 is 0 Å². The summed E-state index contributed by atoms with van der Waals surface area (Å²) in [4.78, 5) is 9.92. The number of rotatable bonds is 3. The van der Waals surface area contributed by atoms with Crippen LogP contribution in [0.3, 0.4) is 0 Å². The number of hydrogen-bond donors (Lipinski definition) is 0. The van der Waals surface area contributed by atoms with Gasteiger partial charge < -0.3 is 0 Å². The SMILES string of the molecule is C=C(C)/C(C)=C/C=C(\C)N=O. The van der Waals surface area contributed by atoms with Crippen molar-refractivity contribution in [3.8, 4) is 0 Å². The summed E-state index contributed by atoms with van der Waals surface area (Å²) < 4.78 is 0. The van der Waals surface area contributed by atoms with E-state index in [1.165, 1.54) is 0 Å². The summed E-state index contributed by atoms with van der Waals surface area (Å²) in [5.41, 5.74) is 2.54. The summed E-state index contributed by atoms with van der Waals surface area (Å²) in [6.07, 6.45) is 3.51. The molecule has 0 aromatic heterocycles. The Hall–Kier alpha value is -1.18. The molecule has 0 rings (SSSR count). The van der Waals surface area contributed by atoms with Crippen LogP contribution in [-0.4, -0.2) is 0 Å². The highest BCUT2D eigenvalue weighted by atomic mass is 16.3. The van der Waals surface area contributed by atoms with Crippen molar-refractivity contribution in [1.82, 2.24) is 0 Å². The van der Waals surface area contributed by atoms with Gasteiger partial charge in [0.15, 0.2) is 0 Å². The molecular weight excluding hydrogens is 138 g/mol. The molecule has 2 nitrogen and oxygen atoms in total. The molecular formula is C9H13NO. The summed E-state index contributed by atoms with van der Waals surface area (Å²) in [5.74, 6) is 0. The van der Waals surface area contributed by atoms with Crippen molar-refractivity contribution in [2.24, 2.45) is 5.18 Å². The van der Waals surface area contributed by atoms with Gasteiger partial charge in [-0.2, -0.15) is 0 Å². The third-order valence-corrected chi connectivity index (χ3v) is 1.39. The second-order valence-corrected chi connectivity index (χ2v) is 2.53. The van der Waals surface area contributed by atoms with Crippen LogP contribution >= 0.6 is 0 Å². The molecule has 0 aromatic rings. The van der Waals surface area contributed by atoms with E-state index in [0.717, 1.165) is 11.1 Å². The Morgan fingerprint density at radius 1 is 1.27 bits per heavy atom. The molecule has 0 radical (unpaired) electrons. The normalized spacial score (nSPS) is 13.0. The van der Waals surface area contributed by atoms with Gasteiger partial charge in [-0.3, -0.25) is 0 Å². The zero-order valence-corrected chi connectivity index (χ0v) is 7.22. The van der Waals surface area contributed by atoms with Crippen LogP contribution in [-0.2, 0) is 0 Å². The molecule has 0 N–H and O–H groups in total. The Morgan fingerprint density at radius 3 is 2.18 bits per heavy atom. The standard InChI is InChI=1S/C9H13NO/c1-7(2)8(3)5-6-9(4)10-11/h5-6H,1H2,2-4H3/b8-5+,9-6+. The van der Waals surface area contributed by atoms with Crippen LogP contribution < -0.4 is 0 Å². The fraction of sp³-hybridized carbons (Fsp3) is 0.333. The molecule has 0 unspecified atom stereocenters. The molecule has 0 atom stereocenters. The van der Waals surface area contributed by atoms with Gasteiger partial charge in [0, 0.05) is 0 Å². The highest BCUT2D eigenvalue weighted by molar-refractivity contribution is 5.28. The van der Waals surface area contributed by atoms with Crippen LogP contribution in [0.4, 0.5) is 0 Å². The van der Waals surface area contributed by atoms with Gasteiger partial charge in [-0.1, -0.05) is 18.2 Å². The first-order chi connectivity index (χ1) is 5.07. The Labute approximate surface area is 67.3 Å². The van der Waals surface area contributed by atoms with Crippen molar-refractivity contribution in [2.45, 2.75) is 20.8 Å². The van der Waals surface area contributed by atoms with Gasteiger partial charge in [0.25, 0.3) is 0 Å². The molecule has 0 saturated heterocycles. The van der Waals surface area contributed by atoms with Crippen molar-refractivity contribution >= 4 is 0 Å². The van der Waals surface area contributed by atoms with Crippen LogP contribution in [0, 0.1) is 4.91 Å². The maximum atomic E-state index is 9.92. The second kappa shape index (κ2) is 4.61. The van der Waals surface area contributed by atoms with Gasteiger partial charge in [0.2, 0.25) is 0 Å². The van der Waals surface area contributed by atoms with Gasteiger partial charge in [-0.25, -0.2) is 0 Å². The molecule has 0 heterocycles. The lowest BCUT2D eigenvalue weighted by molar-refractivity contribution is 1.28. The average molecular weight is 151 g/mol. The number of nitrogens with zero attached hydrogens (tertiary/aromatic N) is 1. The summed E-state index contributed by atoms with van der Waals surface area (Å²) in [6.45, 7) is 9.28.